The van der Waals surface area contributed by atoms with Gasteiger partial charge in [-0.25, -0.2) is 9.97 Å². The molecule has 1 N–H and O–H groups in total. The number of fused-ring (bicyclic) bond motifs is 2. The lowest BCUT2D eigenvalue weighted by molar-refractivity contribution is 0.943. The Morgan fingerprint density at radius 1 is 1.08 bits per heavy atom. The minimum absolute atomic E-state index is 0.0194. The number of benzene rings is 2. The van der Waals surface area contributed by atoms with E-state index in [4.69, 9.17) is 11.6 Å². The minimum atomic E-state index is -0.0194. The largest absolute Gasteiger partial charge is 0.369 e. The zero-order valence-corrected chi connectivity index (χ0v) is 14.2. The van der Waals surface area contributed by atoms with E-state index in [9.17, 15) is 0 Å². The first-order valence-corrected chi connectivity index (χ1v) is 8.19. The number of anilines is 3. The van der Waals surface area contributed by atoms with Gasteiger partial charge < -0.3 is 10.2 Å². The molecule has 1 aromatic heterocycles. The van der Waals surface area contributed by atoms with E-state index in [1.165, 1.54) is 23.0 Å². The summed E-state index contributed by atoms with van der Waals surface area (Å²) < 4.78 is 0. The van der Waals surface area contributed by atoms with Gasteiger partial charge in [0, 0.05) is 18.3 Å². The molecule has 0 bridgehead atoms. The molecule has 24 heavy (non-hydrogen) atoms. The highest BCUT2D eigenvalue weighted by Gasteiger charge is 2.28. The standard InChI is InChI=1S/C19H17ClN4/c1-12-8-9-14-15(10-12)24(2)19-17(18(20)21-11-22-19)23-16(14)13-6-4-3-5-7-13/h3-11,16,23H,1-2H3. The van der Waals surface area contributed by atoms with Gasteiger partial charge in [0.05, 0.1) is 6.04 Å². The molecule has 1 atom stereocenters. The van der Waals surface area contributed by atoms with Crippen molar-refractivity contribution in [1.29, 1.82) is 0 Å². The average Bonchev–Trinajstić information content (AvgIpc) is 2.72. The van der Waals surface area contributed by atoms with E-state index in [2.05, 4.69) is 57.4 Å². The molecule has 2 heterocycles. The first-order chi connectivity index (χ1) is 11.6. The third kappa shape index (κ3) is 2.39. The van der Waals surface area contributed by atoms with Crippen LogP contribution in [-0.2, 0) is 0 Å². The number of nitrogens with one attached hydrogen (secondary N) is 1. The molecule has 3 aromatic rings. The topological polar surface area (TPSA) is 41.1 Å². The molecule has 0 saturated carbocycles. The Morgan fingerprint density at radius 3 is 2.67 bits per heavy atom. The van der Waals surface area contributed by atoms with E-state index < -0.39 is 0 Å². The first-order valence-electron chi connectivity index (χ1n) is 7.81. The number of aryl methyl sites for hydroxylation is 1. The minimum Gasteiger partial charge on any atom is -0.369 e. The van der Waals surface area contributed by atoms with Gasteiger partial charge in [-0.2, -0.15) is 0 Å². The van der Waals surface area contributed by atoms with Crippen molar-refractivity contribution in [2.24, 2.45) is 0 Å². The Bertz CT molecular complexity index is 895. The molecule has 4 rings (SSSR count). The SMILES string of the molecule is Cc1ccc2c(c1)N(C)c1ncnc(Cl)c1NC2c1ccccc1. The van der Waals surface area contributed by atoms with Crippen LogP contribution in [0.3, 0.4) is 0 Å². The third-order valence-corrected chi connectivity index (χ3v) is 4.67. The Labute approximate surface area is 146 Å². The van der Waals surface area contributed by atoms with Crippen LogP contribution in [0.25, 0.3) is 0 Å². The summed E-state index contributed by atoms with van der Waals surface area (Å²) in [6.45, 7) is 2.10. The maximum absolute atomic E-state index is 6.37. The number of aromatic nitrogens is 2. The molecule has 1 aliphatic heterocycles. The van der Waals surface area contributed by atoms with Crippen molar-refractivity contribution in [3.63, 3.8) is 0 Å². The molecule has 0 saturated heterocycles. The Kier molecular flexibility index (Phi) is 3.62. The lowest BCUT2D eigenvalue weighted by Crippen LogP contribution is -2.13. The highest BCUT2D eigenvalue weighted by Crippen LogP contribution is 2.44. The highest BCUT2D eigenvalue weighted by molar-refractivity contribution is 6.32. The molecular formula is C19H17ClN4. The summed E-state index contributed by atoms with van der Waals surface area (Å²) in [6.07, 6.45) is 1.50. The van der Waals surface area contributed by atoms with Gasteiger partial charge in [0.15, 0.2) is 11.0 Å². The Hall–Kier alpha value is -2.59. The summed E-state index contributed by atoms with van der Waals surface area (Å²) in [7, 11) is 2.01. The predicted octanol–water partition coefficient (Wildman–Crippen LogP) is 4.72. The van der Waals surface area contributed by atoms with Gasteiger partial charge in [-0.15, -0.1) is 0 Å². The summed E-state index contributed by atoms with van der Waals surface area (Å²) in [5, 5.41) is 3.98. The molecule has 120 valence electrons. The molecule has 1 unspecified atom stereocenters. The van der Waals surface area contributed by atoms with Crippen molar-refractivity contribution < 1.29 is 0 Å². The molecule has 4 nitrogen and oxygen atoms in total. The number of nitrogens with zero attached hydrogens (tertiary/aromatic N) is 3. The van der Waals surface area contributed by atoms with E-state index in [1.807, 2.05) is 25.2 Å². The van der Waals surface area contributed by atoms with Crippen molar-refractivity contribution in [3.05, 3.63) is 76.7 Å². The summed E-state index contributed by atoms with van der Waals surface area (Å²) in [6, 6.07) is 16.8. The van der Waals surface area contributed by atoms with Crippen LogP contribution in [0.1, 0.15) is 22.7 Å². The maximum atomic E-state index is 6.37. The zero-order chi connectivity index (χ0) is 16.7. The van der Waals surface area contributed by atoms with Gasteiger partial charge in [0.2, 0.25) is 0 Å². The van der Waals surface area contributed by atoms with Crippen molar-refractivity contribution >= 4 is 28.8 Å². The average molecular weight is 337 g/mol. The van der Waals surface area contributed by atoms with E-state index in [-0.39, 0.29) is 6.04 Å². The molecule has 0 radical (unpaired) electrons. The molecule has 0 aliphatic carbocycles. The van der Waals surface area contributed by atoms with Crippen LogP contribution < -0.4 is 10.2 Å². The molecule has 0 spiro atoms. The second-order valence-corrected chi connectivity index (χ2v) is 6.33. The van der Waals surface area contributed by atoms with Crippen LogP contribution in [0.5, 0.6) is 0 Å². The van der Waals surface area contributed by atoms with Gasteiger partial charge in [-0.1, -0.05) is 54.1 Å². The maximum Gasteiger partial charge on any atom is 0.161 e. The molecule has 5 heteroatoms. The van der Waals surface area contributed by atoms with Crippen molar-refractivity contribution in [1.82, 2.24) is 9.97 Å². The number of hydrogen-bond acceptors (Lipinski definition) is 4. The summed E-state index contributed by atoms with van der Waals surface area (Å²) >= 11 is 6.37. The van der Waals surface area contributed by atoms with Gasteiger partial charge in [-0.05, 0) is 24.1 Å². The van der Waals surface area contributed by atoms with Gasteiger partial charge in [-0.3, -0.25) is 0 Å². The Morgan fingerprint density at radius 2 is 1.88 bits per heavy atom. The fourth-order valence-corrected chi connectivity index (χ4v) is 3.35. The summed E-state index contributed by atoms with van der Waals surface area (Å²) in [5.41, 5.74) is 5.43. The lowest BCUT2D eigenvalue weighted by Gasteiger charge is -2.22. The fourth-order valence-electron chi connectivity index (χ4n) is 3.17. The van der Waals surface area contributed by atoms with Crippen LogP contribution in [0.15, 0.2) is 54.9 Å². The lowest BCUT2D eigenvalue weighted by atomic mass is 9.96. The Balaban J connectivity index is 1.99. The predicted molar refractivity (Wildman–Crippen MR) is 98.2 cm³/mol. The van der Waals surface area contributed by atoms with Gasteiger partial charge in [0.1, 0.15) is 12.0 Å². The summed E-state index contributed by atoms with van der Waals surface area (Å²) in [4.78, 5) is 10.7. The van der Waals surface area contributed by atoms with Crippen molar-refractivity contribution in [2.45, 2.75) is 13.0 Å². The number of halogens is 1. The van der Waals surface area contributed by atoms with Crippen LogP contribution in [-0.4, -0.2) is 17.0 Å². The van der Waals surface area contributed by atoms with Crippen molar-refractivity contribution in [3.8, 4) is 0 Å². The highest BCUT2D eigenvalue weighted by atomic mass is 35.5. The second-order valence-electron chi connectivity index (χ2n) is 5.97. The van der Waals surface area contributed by atoms with E-state index in [0.717, 1.165) is 17.2 Å². The first kappa shape index (κ1) is 15.0. The van der Waals surface area contributed by atoms with E-state index >= 15 is 0 Å². The zero-order valence-electron chi connectivity index (χ0n) is 13.5. The summed E-state index contributed by atoms with van der Waals surface area (Å²) in [5.74, 6) is 0.778. The van der Waals surface area contributed by atoms with Crippen LogP contribution in [0, 0.1) is 6.92 Å². The van der Waals surface area contributed by atoms with E-state index in [0.29, 0.717) is 5.15 Å². The molecule has 2 aromatic carbocycles. The molecule has 0 amide bonds. The smallest absolute Gasteiger partial charge is 0.161 e. The number of rotatable bonds is 1. The monoisotopic (exact) mass is 336 g/mol. The third-order valence-electron chi connectivity index (χ3n) is 4.38. The van der Waals surface area contributed by atoms with Crippen LogP contribution in [0.2, 0.25) is 5.15 Å². The fraction of sp³-hybridized carbons (Fsp3) is 0.158. The molecular weight excluding hydrogens is 320 g/mol. The van der Waals surface area contributed by atoms with E-state index in [1.54, 1.807) is 0 Å². The molecule has 0 fully saturated rings. The normalized spacial score (nSPS) is 16.0. The van der Waals surface area contributed by atoms with Crippen LogP contribution >= 0.6 is 11.6 Å². The quantitative estimate of drug-likeness (QED) is 0.653. The van der Waals surface area contributed by atoms with Gasteiger partial charge >= 0.3 is 0 Å². The van der Waals surface area contributed by atoms with Gasteiger partial charge in [0.25, 0.3) is 0 Å². The number of hydrogen-bond donors (Lipinski definition) is 1. The van der Waals surface area contributed by atoms with Crippen molar-refractivity contribution in [2.75, 3.05) is 17.3 Å². The molecule has 1 aliphatic rings. The van der Waals surface area contributed by atoms with Crippen LogP contribution in [0.4, 0.5) is 17.2 Å². The second kappa shape index (κ2) is 5.80.